The molecule has 0 aromatic heterocycles. The molecule has 1 saturated heterocycles. The van der Waals surface area contributed by atoms with Gasteiger partial charge in [-0.05, 0) is 67.6 Å². The molecule has 1 unspecified atom stereocenters. The molecular formula is C21H27FN2O. The topological polar surface area (TPSA) is 38.5 Å². The van der Waals surface area contributed by atoms with Crippen molar-refractivity contribution in [3.63, 3.8) is 0 Å². The Morgan fingerprint density at radius 2 is 1.88 bits per heavy atom. The smallest absolute Gasteiger partial charge is 0.165 e. The lowest BCUT2D eigenvalue weighted by atomic mass is 9.80. The molecular weight excluding hydrogens is 315 g/mol. The van der Waals surface area contributed by atoms with Crippen molar-refractivity contribution in [3.8, 4) is 5.75 Å². The van der Waals surface area contributed by atoms with Crippen molar-refractivity contribution in [3.05, 3.63) is 65.5 Å². The lowest BCUT2D eigenvalue weighted by Crippen LogP contribution is -2.36. The van der Waals surface area contributed by atoms with Crippen LogP contribution in [-0.2, 0) is 6.54 Å². The van der Waals surface area contributed by atoms with E-state index in [1.807, 2.05) is 6.07 Å². The number of rotatable bonds is 6. The zero-order valence-corrected chi connectivity index (χ0v) is 14.8. The Bertz CT molecular complexity index is 669. The number of likely N-dealkylation sites (tertiary alicyclic amines) is 1. The summed E-state index contributed by atoms with van der Waals surface area (Å²) < 4.78 is 19.1. The van der Waals surface area contributed by atoms with Gasteiger partial charge in [-0.15, -0.1) is 0 Å². The van der Waals surface area contributed by atoms with Crippen LogP contribution in [-0.4, -0.2) is 31.6 Å². The average Bonchev–Trinajstić information content (AvgIpc) is 2.65. The summed E-state index contributed by atoms with van der Waals surface area (Å²) >= 11 is 0. The van der Waals surface area contributed by atoms with Crippen molar-refractivity contribution in [1.82, 2.24) is 4.90 Å². The van der Waals surface area contributed by atoms with E-state index in [0.717, 1.165) is 38.0 Å². The number of benzene rings is 2. The largest absolute Gasteiger partial charge is 0.494 e. The molecule has 3 nitrogen and oxygen atoms in total. The quantitative estimate of drug-likeness (QED) is 0.868. The van der Waals surface area contributed by atoms with Gasteiger partial charge in [0.05, 0.1) is 7.11 Å². The van der Waals surface area contributed by atoms with E-state index in [2.05, 4.69) is 35.2 Å². The van der Waals surface area contributed by atoms with E-state index in [9.17, 15) is 4.39 Å². The molecule has 134 valence electrons. The van der Waals surface area contributed by atoms with Gasteiger partial charge in [-0.2, -0.15) is 0 Å². The Morgan fingerprint density at radius 3 is 2.48 bits per heavy atom. The molecule has 0 radical (unpaired) electrons. The van der Waals surface area contributed by atoms with Crippen LogP contribution in [0.3, 0.4) is 0 Å². The molecule has 0 amide bonds. The van der Waals surface area contributed by atoms with Crippen molar-refractivity contribution >= 4 is 0 Å². The summed E-state index contributed by atoms with van der Waals surface area (Å²) in [5, 5.41) is 0. The number of halogens is 1. The second kappa shape index (κ2) is 8.45. The number of methoxy groups -OCH3 is 1. The average molecular weight is 342 g/mol. The molecule has 0 aliphatic carbocycles. The molecule has 3 rings (SSSR count). The fourth-order valence-electron chi connectivity index (χ4n) is 3.87. The van der Waals surface area contributed by atoms with E-state index >= 15 is 0 Å². The lowest BCUT2D eigenvalue weighted by molar-refractivity contribution is 0.162. The fourth-order valence-corrected chi connectivity index (χ4v) is 3.87. The first-order valence-corrected chi connectivity index (χ1v) is 9.01. The van der Waals surface area contributed by atoms with E-state index < -0.39 is 0 Å². The predicted octanol–water partition coefficient (Wildman–Crippen LogP) is 3.79. The third-order valence-electron chi connectivity index (χ3n) is 5.31. The van der Waals surface area contributed by atoms with Crippen LogP contribution in [0.2, 0.25) is 0 Å². The van der Waals surface area contributed by atoms with E-state index in [0.29, 0.717) is 12.5 Å². The van der Waals surface area contributed by atoms with Crippen LogP contribution in [0.5, 0.6) is 5.75 Å². The maximum absolute atomic E-state index is 14.0. The Morgan fingerprint density at radius 1 is 1.16 bits per heavy atom. The van der Waals surface area contributed by atoms with Crippen molar-refractivity contribution < 1.29 is 9.13 Å². The Labute approximate surface area is 149 Å². The summed E-state index contributed by atoms with van der Waals surface area (Å²) in [6.07, 6.45) is 2.20. The monoisotopic (exact) mass is 342 g/mol. The maximum atomic E-state index is 14.0. The first-order chi connectivity index (χ1) is 12.2. The van der Waals surface area contributed by atoms with Gasteiger partial charge in [-0.25, -0.2) is 4.39 Å². The molecule has 2 aromatic carbocycles. The second-order valence-corrected chi connectivity index (χ2v) is 6.84. The minimum absolute atomic E-state index is 0.208. The summed E-state index contributed by atoms with van der Waals surface area (Å²) in [6.45, 7) is 3.68. The third kappa shape index (κ3) is 4.39. The molecule has 0 bridgehead atoms. The van der Waals surface area contributed by atoms with Gasteiger partial charge in [-0.1, -0.05) is 36.4 Å². The predicted molar refractivity (Wildman–Crippen MR) is 99.2 cm³/mol. The summed E-state index contributed by atoms with van der Waals surface area (Å²) in [4.78, 5) is 2.49. The maximum Gasteiger partial charge on any atom is 0.165 e. The van der Waals surface area contributed by atoms with Gasteiger partial charge in [-0.3, -0.25) is 4.90 Å². The number of nitrogens with two attached hydrogens (primary N) is 1. The summed E-state index contributed by atoms with van der Waals surface area (Å²) in [5.41, 5.74) is 8.39. The lowest BCUT2D eigenvalue weighted by Gasteiger charge is -2.36. The summed E-state index contributed by atoms with van der Waals surface area (Å²) in [7, 11) is 1.49. The molecule has 1 atom stereocenters. The van der Waals surface area contributed by atoms with Crippen LogP contribution in [0, 0.1) is 11.7 Å². The molecule has 4 heteroatoms. The Hall–Kier alpha value is -1.91. The second-order valence-electron chi connectivity index (χ2n) is 6.84. The van der Waals surface area contributed by atoms with Crippen molar-refractivity contribution in [2.75, 3.05) is 26.7 Å². The van der Waals surface area contributed by atoms with E-state index in [1.54, 1.807) is 12.1 Å². The van der Waals surface area contributed by atoms with Crippen LogP contribution in [0.25, 0.3) is 0 Å². The van der Waals surface area contributed by atoms with Crippen LogP contribution in [0.15, 0.2) is 48.5 Å². The molecule has 2 aromatic rings. The van der Waals surface area contributed by atoms with Crippen LogP contribution in [0.4, 0.5) is 4.39 Å². The highest BCUT2D eigenvalue weighted by atomic mass is 19.1. The fraction of sp³-hybridized carbons (Fsp3) is 0.429. The molecule has 25 heavy (non-hydrogen) atoms. The van der Waals surface area contributed by atoms with Gasteiger partial charge in [0.2, 0.25) is 0 Å². The number of hydrogen-bond donors (Lipinski definition) is 1. The third-order valence-corrected chi connectivity index (χ3v) is 5.31. The minimum Gasteiger partial charge on any atom is -0.494 e. The first kappa shape index (κ1) is 17.9. The Balaban J connectivity index is 1.61. The molecule has 1 aliphatic rings. The van der Waals surface area contributed by atoms with Crippen LogP contribution < -0.4 is 10.5 Å². The highest BCUT2D eigenvalue weighted by Gasteiger charge is 2.27. The van der Waals surface area contributed by atoms with Crippen molar-refractivity contribution in [1.29, 1.82) is 0 Å². The van der Waals surface area contributed by atoms with Gasteiger partial charge in [0.1, 0.15) is 0 Å². The molecule has 2 N–H and O–H groups in total. The minimum atomic E-state index is -0.306. The van der Waals surface area contributed by atoms with Gasteiger partial charge in [0, 0.05) is 6.54 Å². The van der Waals surface area contributed by atoms with Gasteiger partial charge in [0.15, 0.2) is 11.6 Å². The van der Waals surface area contributed by atoms with E-state index in [4.69, 9.17) is 10.5 Å². The Kier molecular flexibility index (Phi) is 6.05. The van der Waals surface area contributed by atoms with Crippen molar-refractivity contribution in [2.24, 2.45) is 11.7 Å². The molecule has 1 heterocycles. The highest BCUT2D eigenvalue weighted by molar-refractivity contribution is 5.32. The standard InChI is InChI=1S/C21H27FN2O/c1-25-21-8-7-18(13-20(21)22)19(14-23)17-9-11-24(12-10-17)15-16-5-3-2-4-6-16/h2-8,13,17,19H,9-12,14-15,23H2,1H3. The number of ether oxygens (including phenoxy) is 1. The van der Waals surface area contributed by atoms with Crippen LogP contribution in [0.1, 0.15) is 29.9 Å². The van der Waals surface area contributed by atoms with Gasteiger partial charge < -0.3 is 10.5 Å². The molecule has 0 saturated carbocycles. The zero-order valence-electron chi connectivity index (χ0n) is 14.8. The van der Waals surface area contributed by atoms with Gasteiger partial charge >= 0.3 is 0 Å². The summed E-state index contributed by atoms with van der Waals surface area (Å²) in [6, 6.07) is 15.8. The molecule has 0 spiro atoms. The van der Waals surface area contributed by atoms with Gasteiger partial charge in [0.25, 0.3) is 0 Å². The normalized spacial score (nSPS) is 17.4. The number of piperidine rings is 1. The summed E-state index contributed by atoms with van der Waals surface area (Å²) in [5.74, 6) is 0.696. The number of hydrogen-bond acceptors (Lipinski definition) is 3. The molecule has 1 fully saturated rings. The SMILES string of the molecule is COc1ccc(C(CN)C2CCN(Cc3ccccc3)CC2)cc1F. The van der Waals surface area contributed by atoms with Crippen LogP contribution >= 0.6 is 0 Å². The van der Waals surface area contributed by atoms with E-state index in [-0.39, 0.29) is 17.5 Å². The molecule has 1 aliphatic heterocycles. The zero-order chi connectivity index (χ0) is 17.6. The van der Waals surface area contributed by atoms with Crippen molar-refractivity contribution in [2.45, 2.75) is 25.3 Å². The first-order valence-electron chi connectivity index (χ1n) is 9.01. The highest BCUT2D eigenvalue weighted by Crippen LogP contribution is 2.34. The van der Waals surface area contributed by atoms with E-state index in [1.165, 1.54) is 12.7 Å². The number of nitrogens with zero attached hydrogens (tertiary/aromatic N) is 1.